The highest BCUT2D eigenvalue weighted by Crippen LogP contribution is 2.72. The Labute approximate surface area is 160 Å². The van der Waals surface area contributed by atoms with Crippen LogP contribution in [0.2, 0.25) is 0 Å². The minimum absolute atomic E-state index is 0.125. The molecule has 0 unspecified atom stereocenters. The lowest BCUT2D eigenvalue weighted by molar-refractivity contribution is -0.307. The van der Waals surface area contributed by atoms with Gasteiger partial charge in [0.2, 0.25) is 0 Å². The van der Waals surface area contributed by atoms with E-state index < -0.39 is 64.8 Å². The Bertz CT molecular complexity index is 881. The van der Waals surface area contributed by atoms with Crippen LogP contribution in [-0.4, -0.2) is 52.2 Å². The maximum absolute atomic E-state index is 12.9. The second-order valence-electron chi connectivity index (χ2n) is 9.41. The van der Waals surface area contributed by atoms with Gasteiger partial charge in [-0.1, -0.05) is 13.8 Å². The van der Waals surface area contributed by atoms with E-state index in [1.54, 1.807) is 19.3 Å². The Morgan fingerprint density at radius 1 is 1.18 bits per heavy atom. The normalized spacial score (nSPS) is 56.2. The zero-order valence-electron chi connectivity index (χ0n) is 15.5. The fraction of sp³-hybridized carbons (Fsp3) is 0.700. The molecule has 2 N–H and O–H groups in total. The lowest BCUT2D eigenvalue weighted by atomic mass is 9.40. The second-order valence-corrected chi connectivity index (χ2v) is 9.41. The highest BCUT2D eigenvalue weighted by molar-refractivity contribution is 5.86. The highest BCUT2D eigenvalue weighted by Gasteiger charge is 2.86. The summed E-state index contributed by atoms with van der Waals surface area (Å²) in [6.45, 7) is 3.72. The highest BCUT2D eigenvalue weighted by atomic mass is 16.7. The number of rotatable bonds is 1. The number of cyclic esters (lactones) is 1. The van der Waals surface area contributed by atoms with E-state index in [0.717, 1.165) is 5.56 Å². The molecular formula is C20H22O8. The van der Waals surface area contributed by atoms with Gasteiger partial charge < -0.3 is 28.8 Å². The van der Waals surface area contributed by atoms with Crippen LogP contribution < -0.4 is 0 Å². The Hall–Kier alpha value is -1.90. The number of aliphatic hydroxyl groups excluding tert-OH is 1. The van der Waals surface area contributed by atoms with E-state index in [0.29, 0.717) is 6.42 Å². The molecule has 6 fully saturated rings. The summed E-state index contributed by atoms with van der Waals surface area (Å²) in [6, 6.07) is 1.76. The zero-order valence-corrected chi connectivity index (χ0v) is 15.5. The number of fused-ring (bicyclic) bond motifs is 2. The fourth-order valence-electron chi connectivity index (χ4n) is 6.89. The van der Waals surface area contributed by atoms with Crippen LogP contribution in [0.3, 0.4) is 0 Å². The number of hydrogen-bond acceptors (Lipinski definition) is 8. The van der Waals surface area contributed by atoms with Crippen LogP contribution in [0.15, 0.2) is 23.0 Å². The minimum atomic E-state index is -1.92. The number of carbonyl (C=O) groups excluding carboxylic acids is 2. The maximum Gasteiger partial charge on any atom is 0.342 e. The Kier molecular flexibility index (Phi) is 2.92. The van der Waals surface area contributed by atoms with Crippen LogP contribution in [0.1, 0.15) is 38.4 Å². The number of furan rings is 1. The van der Waals surface area contributed by atoms with Gasteiger partial charge in [-0.25, -0.2) is 4.79 Å². The van der Waals surface area contributed by atoms with Gasteiger partial charge in [0.1, 0.15) is 24.4 Å². The smallest absolute Gasteiger partial charge is 0.342 e. The van der Waals surface area contributed by atoms with Crippen molar-refractivity contribution in [3.8, 4) is 0 Å². The summed E-state index contributed by atoms with van der Waals surface area (Å²) >= 11 is 0. The lowest BCUT2D eigenvalue weighted by Crippen LogP contribution is -2.80. The predicted molar refractivity (Wildman–Crippen MR) is 89.5 cm³/mol. The number of ether oxygens (including phenoxy) is 3. The third-order valence-electron chi connectivity index (χ3n) is 8.35. The average Bonchev–Trinajstić information content (AvgIpc) is 3.27. The van der Waals surface area contributed by atoms with Gasteiger partial charge in [-0.15, -0.1) is 0 Å². The Balaban J connectivity index is 1.50. The van der Waals surface area contributed by atoms with Crippen LogP contribution >= 0.6 is 0 Å². The molecule has 5 heterocycles. The van der Waals surface area contributed by atoms with Crippen molar-refractivity contribution in [3.63, 3.8) is 0 Å². The summed E-state index contributed by atoms with van der Waals surface area (Å²) < 4.78 is 22.1. The largest absolute Gasteiger partial charge is 0.472 e. The molecule has 4 aliphatic heterocycles. The molecule has 2 aliphatic carbocycles. The summed E-state index contributed by atoms with van der Waals surface area (Å²) in [5, 5.41) is 22.5. The van der Waals surface area contributed by atoms with Gasteiger partial charge in [-0.2, -0.15) is 0 Å². The van der Waals surface area contributed by atoms with Crippen molar-refractivity contribution in [2.75, 3.05) is 0 Å². The van der Waals surface area contributed by atoms with E-state index in [2.05, 4.69) is 0 Å². The van der Waals surface area contributed by atoms with Gasteiger partial charge in [0.05, 0.1) is 24.5 Å². The topological polar surface area (TPSA) is 119 Å². The molecular weight excluding hydrogens is 368 g/mol. The first-order valence-corrected chi connectivity index (χ1v) is 9.72. The molecule has 4 saturated heterocycles. The van der Waals surface area contributed by atoms with Gasteiger partial charge in [-0.3, -0.25) is 4.79 Å². The first-order valence-electron chi connectivity index (χ1n) is 9.72. The van der Waals surface area contributed by atoms with Gasteiger partial charge in [0.25, 0.3) is 0 Å². The van der Waals surface area contributed by atoms with Gasteiger partial charge in [0, 0.05) is 16.9 Å². The zero-order chi connectivity index (χ0) is 19.6. The number of esters is 2. The molecule has 7 rings (SSSR count). The summed E-state index contributed by atoms with van der Waals surface area (Å²) in [6.07, 6.45) is 0.491. The van der Waals surface area contributed by atoms with Gasteiger partial charge in [0.15, 0.2) is 5.60 Å². The summed E-state index contributed by atoms with van der Waals surface area (Å²) in [5.41, 5.74) is -2.98. The number of epoxide rings is 1. The molecule has 2 saturated carbocycles. The van der Waals surface area contributed by atoms with E-state index in [-0.39, 0.29) is 12.4 Å². The van der Waals surface area contributed by atoms with Crippen LogP contribution in [0.5, 0.6) is 0 Å². The molecule has 6 aliphatic rings. The Morgan fingerprint density at radius 3 is 2.68 bits per heavy atom. The van der Waals surface area contributed by atoms with E-state index in [1.807, 2.05) is 6.92 Å². The molecule has 28 heavy (non-hydrogen) atoms. The van der Waals surface area contributed by atoms with Crippen molar-refractivity contribution >= 4 is 11.9 Å². The molecule has 8 nitrogen and oxygen atoms in total. The molecule has 0 aromatic carbocycles. The van der Waals surface area contributed by atoms with E-state index in [9.17, 15) is 19.8 Å². The first-order chi connectivity index (χ1) is 13.2. The predicted octanol–water partition coefficient (Wildman–Crippen LogP) is 0.715. The van der Waals surface area contributed by atoms with Crippen molar-refractivity contribution < 1.29 is 38.4 Å². The quantitative estimate of drug-likeness (QED) is 0.532. The molecule has 0 radical (unpaired) electrons. The monoisotopic (exact) mass is 390 g/mol. The van der Waals surface area contributed by atoms with Crippen LogP contribution in [-0.2, 0) is 23.8 Å². The van der Waals surface area contributed by atoms with Crippen LogP contribution in [0, 0.1) is 22.7 Å². The second kappa shape index (κ2) is 4.80. The molecule has 0 spiro atoms. The SMILES string of the molecule is C[C@@]12C[C@H](c3ccoc3)OC(=O)[C@H]1C[C@H](O)[C@@]1(C)[C@@H]2[C@@H]2OC(=O)[C@@]1(O)[C@@H]1O[C@H]21. The Morgan fingerprint density at radius 2 is 1.96 bits per heavy atom. The maximum atomic E-state index is 12.9. The van der Waals surface area contributed by atoms with Crippen LogP contribution in [0.4, 0.5) is 0 Å². The van der Waals surface area contributed by atoms with E-state index in [4.69, 9.17) is 18.6 Å². The fourth-order valence-corrected chi connectivity index (χ4v) is 6.89. The number of carbonyl (C=O) groups is 2. The van der Waals surface area contributed by atoms with E-state index in [1.165, 1.54) is 6.26 Å². The molecule has 0 amide bonds. The third kappa shape index (κ3) is 1.62. The lowest BCUT2D eigenvalue weighted by Gasteiger charge is -2.67. The molecule has 8 heteroatoms. The van der Waals surface area contributed by atoms with Crippen LogP contribution in [0.25, 0.3) is 0 Å². The van der Waals surface area contributed by atoms with Crippen molar-refractivity contribution in [2.45, 2.75) is 62.8 Å². The minimum Gasteiger partial charge on any atom is -0.472 e. The molecule has 10 atom stereocenters. The van der Waals surface area contributed by atoms with Crippen molar-refractivity contribution in [2.24, 2.45) is 22.7 Å². The molecule has 2 bridgehead atoms. The van der Waals surface area contributed by atoms with Gasteiger partial charge >= 0.3 is 11.9 Å². The van der Waals surface area contributed by atoms with E-state index >= 15 is 0 Å². The molecule has 1 aromatic rings. The summed E-state index contributed by atoms with van der Waals surface area (Å²) in [5.74, 6) is -2.11. The molecule has 150 valence electrons. The summed E-state index contributed by atoms with van der Waals surface area (Å²) in [7, 11) is 0. The summed E-state index contributed by atoms with van der Waals surface area (Å²) in [4.78, 5) is 25.6. The van der Waals surface area contributed by atoms with Gasteiger partial charge in [-0.05, 0) is 24.3 Å². The van der Waals surface area contributed by atoms with Crippen molar-refractivity contribution in [1.82, 2.24) is 0 Å². The average molecular weight is 390 g/mol. The van der Waals surface area contributed by atoms with Crippen molar-refractivity contribution in [1.29, 1.82) is 0 Å². The molecule has 1 aromatic heterocycles. The standard InChI is InChI=1S/C20H22O8/c1-18-6-10(8-3-4-25-7-8)26-16(22)9(18)5-11(21)19(2)14(18)12-13-15(27-13)20(19,24)17(23)28-12/h3-4,7,9-15,21,24H,5-6H2,1-2H3/t9-,10-,11+,12-,13-,14-,15-,18-,19+,20+/m1/s1. The third-order valence-corrected chi connectivity index (χ3v) is 8.35. The number of aliphatic hydroxyl groups is 2. The van der Waals surface area contributed by atoms with Crippen molar-refractivity contribution in [3.05, 3.63) is 24.2 Å². The number of hydrogen-bond donors (Lipinski definition) is 2. The first kappa shape index (κ1) is 17.0.